The van der Waals surface area contributed by atoms with Crippen LogP contribution in [-0.4, -0.2) is 78.7 Å². The van der Waals surface area contributed by atoms with Gasteiger partial charge in [-0.2, -0.15) is 22.0 Å². The molecule has 0 saturated carbocycles. The van der Waals surface area contributed by atoms with Crippen molar-refractivity contribution in [3.8, 4) is 22.5 Å². The highest BCUT2D eigenvalue weighted by molar-refractivity contribution is 7.98. The van der Waals surface area contributed by atoms with Crippen LogP contribution in [0.5, 0.6) is 0 Å². The quantitative estimate of drug-likeness (QED) is 0.277. The third kappa shape index (κ3) is 7.99. The van der Waals surface area contributed by atoms with Crippen molar-refractivity contribution >= 4 is 29.5 Å². The number of nitrogens with one attached hydrogen (secondary N) is 3. The van der Waals surface area contributed by atoms with Gasteiger partial charge in [0.25, 0.3) is 5.91 Å². The van der Waals surface area contributed by atoms with Gasteiger partial charge in [0.2, 0.25) is 11.8 Å². The number of nitrogens with zero attached hydrogens (tertiary/aromatic N) is 5. The highest BCUT2D eigenvalue weighted by atomic mass is 32.2. The number of fused-ring (bicyclic) bond motifs is 1. The van der Waals surface area contributed by atoms with E-state index in [9.17, 15) is 14.4 Å². The SMILES string of the molecule is CSCC[C@@H]1NC(=O)CCCN(C(=O)c2cccc(-c3cn[nH]c3)c2)CCn2nc(-c3ccccc3)nc2[C@@H](C(C)C)NC1=O. The first-order valence-corrected chi connectivity index (χ1v) is 16.7. The third-order valence-corrected chi connectivity index (χ3v) is 8.52. The molecule has 1 aliphatic rings. The molecule has 11 nitrogen and oxygen atoms in total. The molecule has 3 N–H and O–H groups in total. The van der Waals surface area contributed by atoms with E-state index in [-0.39, 0.29) is 30.1 Å². The Morgan fingerprint density at radius 3 is 2.53 bits per heavy atom. The Hall–Kier alpha value is -4.45. The predicted octanol–water partition coefficient (Wildman–Crippen LogP) is 4.32. The normalized spacial score (nSPS) is 18.2. The highest BCUT2D eigenvalue weighted by Gasteiger charge is 2.30. The van der Waals surface area contributed by atoms with E-state index in [0.717, 1.165) is 22.4 Å². The van der Waals surface area contributed by atoms with Gasteiger partial charge in [-0.3, -0.25) is 19.5 Å². The fourth-order valence-corrected chi connectivity index (χ4v) is 5.87. The second kappa shape index (κ2) is 15.0. The van der Waals surface area contributed by atoms with E-state index in [2.05, 4.69) is 20.8 Å². The van der Waals surface area contributed by atoms with Gasteiger partial charge in [-0.15, -0.1) is 0 Å². The number of thioether (sulfide) groups is 1. The number of hydrogen-bond acceptors (Lipinski definition) is 7. The number of carbonyl (C=O) groups is 3. The van der Waals surface area contributed by atoms with Crippen LogP contribution in [0, 0.1) is 5.92 Å². The molecule has 0 saturated heterocycles. The van der Waals surface area contributed by atoms with Crippen molar-refractivity contribution < 1.29 is 14.4 Å². The van der Waals surface area contributed by atoms with E-state index in [4.69, 9.17) is 10.1 Å². The number of H-pyrrole nitrogens is 1. The molecule has 2 aromatic carbocycles. The number of amides is 3. The van der Waals surface area contributed by atoms with Gasteiger partial charge in [-0.05, 0) is 48.5 Å². The Bertz CT molecular complexity index is 1590. The van der Waals surface area contributed by atoms with E-state index in [1.807, 2.05) is 73.3 Å². The zero-order valence-electron chi connectivity index (χ0n) is 25.9. The Morgan fingerprint density at radius 2 is 1.80 bits per heavy atom. The summed E-state index contributed by atoms with van der Waals surface area (Å²) in [7, 11) is 0. The lowest BCUT2D eigenvalue weighted by Gasteiger charge is -2.28. The van der Waals surface area contributed by atoms with E-state index in [1.165, 1.54) is 0 Å². The number of rotatable bonds is 7. The highest BCUT2D eigenvalue weighted by Crippen LogP contribution is 2.25. The summed E-state index contributed by atoms with van der Waals surface area (Å²) in [6.07, 6.45) is 6.63. The number of aromatic nitrogens is 5. The van der Waals surface area contributed by atoms with Crippen LogP contribution in [0.2, 0.25) is 0 Å². The molecule has 0 fully saturated rings. The van der Waals surface area contributed by atoms with Crippen LogP contribution < -0.4 is 10.6 Å². The number of aromatic amines is 1. The molecule has 3 amide bonds. The van der Waals surface area contributed by atoms with Crippen molar-refractivity contribution in [1.82, 2.24) is 40.5 Å². The largest absolute Gasteiger partial charge is 0.344 e. The minimum Gasteiger partial charge on any atom is -0.344 e. The molecule has 236 valence electrons. The maximum Gasteiger partial charge on any atom is 0.253 e. The summed E-state index contributed by atoms with van der Waals surface area (Å²) < 4.78 is 1.82. The lowest BCUT2D eigenvalue weighted by atomic mass is 10.0. The fourth-order valence-electron chi connectivity index (χ4n) is 5.40. The summed E-state index contributed by atoms with van der Waals surface area (Å²) in [5.41, 5.74) is 3.18. The van der Waals surface area contributed by atoms with Gasteiger partial charge in [-0.1, -0.05) is 56.3 Å². The maximum atomic E-state index is 14.0. The molecule has 0 bridgehead atoms. The molecular formula is C33H40N8O3S. The molecule has 2 aromatic heterocycles. The van der Waals surface area contributed by atoms with Gasteiger partial charge in [0.15, 0.2) is 11.6 Å². The first-order chi connectivity index (χ1) is 21.8. The molecule has 0 aliphatic carbocycles. The molecule has 4 aromatic rings. The number of benzene rings is 2. The van der Waals surface area contributed by atoms with Crippen LogP contribution in [-0.2, 0) is 16.1 Å². The smallest absolute Gasteiger partial charge is 0.253 e. The average molecular weight is 629 g/mol. The molecule has 45 heavy (non-hydrogen) atoms. The van der Waals surface area contributed by atoms with Crippen LogP contribution in [0.25, 0.3) is 22.5 Å². The molecule has 5 rings (SSSR count). The number of hydrogen-bond donors (Lipinski definition) is 3. The minimum atomic E-state index is -0.678. The standard InChI is InChI=1S/C33H40N8O3S/c1-22(2)29-31-38-30(23-9-5-4-6-10-23)39-41(31)17-16-40(15-8-13-28(42)36-27(14-18-45-3)32(43)37-29)33(44)25-12-7-11-24(19-25)26-20-34-35-21-26/h4-7,9-12,19-22,27,29H,8,13-18H2,1-3H3,(H,34,35)(H,36,42)(H,37,43)/t27-,29+/m0/s1. The topological polar surface area (TPSA) is 138 Å². The Morgan fingerprint density at radius 1 is 1.00 bits per heavy atom. The molecule has 3 heterocycles. The molecular weight excluding hydrogens is 588 g/mol. The van der Waals surface area contributed by atoms with E-state index in [1.54, 1.807) is 35.1 Å². The fraction of sp³-hybridized carbons (Fsp3) is 0.394. The summed E-state index contributed by atoms with van der Waals surface area (Å²) in [6.45, 7) is 5.12. The van der Waals surface area contributed by atoms with Crippen molar-refractivity contribution in [3.05, 3.63) is 78.4 Å². The van der Waals surface area contributed by atoms with Gasteiger partial charge in [0.05, 0.1) is 18.8 Å². The van der Waals surface area contributed by atoms with Crippen molar-refractivity contribution in [1.29, 1.82) is 0 Å². The van der Waals surface area contributed by atoms with Crippen LogP contribution >= 0.6 is 11.8 Å². The average Bonchev–Trinajstić information content (AvgIpc) is 3.74. The summed E-state index contributed by atoms with van der Waals surface area (Å²) in [6, 6.07) is 16.0. The predicted molar refractivity (Wildman–Crippen MR) is 175 cm³/mol. The molecule has 2 atom stereocenters. The van der Waals surface area contributed by atoms with Crippen molar-refractivity contribution in [2.45, 2.75) is 51.7 Å². The van der Waals surface area contributed by atoms with Crippen LogP contribution in [0.3, 0.4) is 0 Å². The molecule has 0 unspecified atom stereocenters. The summed E-state index contributed by atoms with van der Waals surface area (Å²) >= 11 is 1.62. The number of carbonyl (C=O) groups excluding carboxylic acids is 3. The Balaban J connectivity index is 1.50. The van der Waals surface area contributed by atoms with Gasteiger partial charge in [0, 0.05) is 42.4 Å². The minimum absolute atomic E-state index is 0.0197. The lowest BCUT2D eigenvalue weighted by molar-refractivity contribution is -0.129. The maximum absolute atomic E-state index is 14.0. The van der Waals surface area contributed by atoms with Crippen LogP contribution in [0.1, 0.15) is 55.3 Å². The zero-order valence-corrected chi connectivity index (χ0v) is 26.7. The Kier molecular flexibility index (Phi) is 10.7. The zero-order chi connectivity index (χ0) is 31.8. The second-order valence-electron chi connectivity index (χ2n) is 11.5. The van der Waals surface area contributed by atoms with Crippen molar-refractivity contribution in [3.63, 3.8) is 0 Å². The summed E-state index contributed by atoms with van der Waals surface area (Å²) in [4.78, 5) is 47.3. The third-order valence-electron chi connectivity index (χ3n) is 7.88. The Labute approximate surface area is 267 Å². The van der Waals surface area contributed by atoms with Crippen LogP contribution in [0.4, 0.5) is 0 Å². The molecule has 12 heteroatoms. The second-order valence-corrected chi connectivity index (χ2v) is 12.5. The van der Waals surface area contributed by atoms with Gasteiger partial charge < -0.3 is 15.5 Å². The van der Waals surface area contributed by atoms with Gasteiger partial charge >= 0.3 is 0 Å². The van der Waals surface area contributed by atoms with Gasteiger partial charge in [0.1, 0.15) is 6.04 Å². The summed E-state index contributed by atoms with van der Waals surface area (Å²) in [5.74, 6) is 1.28. The summed E-state index contributed by atoms with van der Waals surface area (Å²) in [5, 5.41) is 17.9. The molecule has 0 spiro atoms. The van der Waals surface area contributed by atoms with E-state index < -0.39 is 12.1 Å². The van der Waals surface area contributed by atoms with Crippen LogP contribution in [0.15, 0.2) is 67.0 Å². The monoisotopic (exact) mass is 628 g/mol. The lowest BCUT2D eigenvalue weighted by Crippen LogP contribution is -2.49. The molecule has 1 aliphatic heterocycles. The van der Waals surface area contributed by atoms with Gasteiger partial charge in [-0.25, -0.2) is 9.67 Å². The van der Waals surface area contributed by atoms with Crippen molar-refractivity contribution in [2.24, 2.45) is 5.92 Å². The van der Waals surface area contributed by atoms with E-state index >= 15 is 0 Å². The first-order valence-electron chi connectivity index (χ1n) is 15.3. The molecule has 0 radical (unpaired) electrons. The van der Waals surface area contributed by atoms with E-state index in [0.29, 0.717) is 49.7 Å². The van der Waals surface area contributed by atoms with Crippen molar-refractivity contribution in [2.75, 3.05) is 25.1 Å². The first kappa shape index (κ1) is 32.0.